The van der Waals surface area contributed by atoms with Crippen molar-refractivity contribution in [3.05, 3.63) is 82.7 Å². The van der Waals surface area contributed by atoms with Crippen LogP contribution in [0, 0.1) is 17.5 Å². The number of anilines is 2. The van der Waals surface area contributed by atoms with Crippen molar-refractivity contribution in [2.75, 3.05) is 23.3 Å². The summed E-state index contributed by atoms with van der Waals surface area (Å²) in [5.41, 5.74) is 7.53. The first kappa shape index (κ1) is 24.2. The van der Waals surface area contributed by atoms with E-state index in [0.717, 1.165) is 30.7 Å². The quantitative estimate of drug-likeness (QED) is 0.475. The molecule has 1 fully saturated rings. The van der Waals surface area contributed by atoms with Crippen LogP contribution < -0.4 is 16.0 Å². The summed E-state index contributed by atoms with van der Waals surface area (Å²) < 4.78 is 41.2. The van der Waals surface area contributed by atoms with Gasteiger partial charge < -0.3 is 16.0 Å². The zero-order chi connectivity index (χ0) is 24.9. The normalized spacial score (nSPS) is 13.7. The molecule has 0 bridgehead atoms. The number of pyridine rings is 2. The molecule has 3 aromatic rings. The van der Waals surface area contributed by atoms with Crippen LogP contribution >= 0.6 is 0 Å². The smallest absolute Gasteiger partial charge is 0.252 e. The average Bonchev–Trinajstić information content (AvgIpc) is 2.84. The summed E-state index contributed by atoms with van der Waals surface area (Å²) >= 11 is 0. The molecular weight excluding hydrogens is 459 g/mol. The molecule has 0 saturated carbocycles. The molecule has 1 aliphatic heterocycles. The first-order valence-electron chi connectivity index (χ1n) is 11.2. The third-order valence-electron chi connectivity index (χ3n) is 5.86. The minimum Gasteiger partial charge on any atom is -0.384 e. The second-order valence-electron chi connectivity index (χ2n) is 8.27. The van der Waals surface area contributed by atoms with Crippen LogP contribution in [0.15, 0.2) is 42.7 Å². The second-order valence-corrected chi connectivity index (χ2v) is 8.27. The summed E-state index contributed by atoms with van der Waals surface area (Å²) in [6, 6.07) is 6.86. The van der Waals surface area contributed by atoms with Crippen LogP contribution in [0.25, 0.3) is 0 Å². The van der Waals surface area contributed by atoms with Crippen molar-refractivity contribution in [3.63, 3.8) is 0 Å². The number of carbonyl (C=O) groups is 2. The number of amides is 2. The van der Waals surface area contributed by atoms with E-state index in [-0.39, 0.29) is 30.0 Å². The number of aromatic nitrogens is 2. The monoisotopic (exact) mass is 483 g/mol. The fourth-order valence-electron chi connectivity index (χ4n) is 4.00. The molecule has 0 atom stereocenters. The molecule has 182 valence electrons. The van der Waals surface area contributed by atoms with E-state index in [1.54, 1.807) is 17.2 Å². The Bertz CT molecular complexity index is 1250. The number of nitrogens with zero attached hydrogens (tertiary/aromatic N) is 3. The van der Waals surface area contributed by atoms with E-state index in [2.05, 4.69) is 15.3 Å². The van der Waals surface area contributed by atoms with Crippen LogP contribution in [0.4, 0.5) is 24.5 Å². The molecule has 3 heterocycles. The average molecular weight is 483 g/mol. The van der Waals surface area contributed by atoms with Gasteiger partial charge in [-0.25, -0.2) is 13.2 Å². The third kappa shape index (κ3) is 5.59. The fraction of sp³-hybridized carbons (Fsp3) is 0.280. The van der Waals surface area contributed by atoms with Crippen molar-refractivity contribution in [1.82, 2.24) is 9.97 Å². The molecule has 7 nitrogen and oxygen atoms in total. The molecule has 2 aromatic heterocycles. The van der Waals surface area contributed by atoms with E-state index in [1.807, 2.05) is 12.1 Å². The molecular formula is C25H24F3N5O2. The van der Waals surface area contributed by atoms with Gasteiger partial charge in [-0.2, -0.15) is 0 Å². The Kier molecular flexibility index (Phi) is 7.28. The Balaban J connectivity index is 1.46. The Hall–Kier alpha value is -3.95. The van der Waals surface area contributed by atoms with Gasteiger partial charge in [-0.05, 0) is 49.6 Å². The number of primary amides is 1. The zero-order valence-electron chi connectivity index (χ0n) is 18.9. The Morgan fingerprint density at radius 3 is 2.51 bits per heavy atom. The maximum absolute atomic E-state index is 13.9. The number of hydrogen-bond donors (Lipinski definition) is 2. The molecule has 35 heavy (non-hydrogen) atoms. The molecule has 4 rings (SSSR count). The first-order chi connectivity index (χ1) is 16.8. The lowest BCUT2D eigenvalue weighted by Crippen LogP contribution is -2.35. The predicted octanol–water partition coefficient (Wildman–Crippen LogP) is 3.76. The lowest BCUT2D eigenvalue weighted by atomic mass is 10.1. The summed E-state index contributed by atoms with van der Waals surface area (Å²) in [6.45, 7) is 0.701. The summed E-state index contributed by atoms with van der Waals surface area (Å²) in [6.07, 6.45) is 5.56. The van der Waals surface area contributed by atoms with Crippen molar-refractivity contribution in [2.24, 2.45) is 5.73 Å². The number of hydrogen-bond acceptors (Lipinski definition) is 5. The van der Waals surface area contributed by atoms with Gasteiger partial charge in [0.15, 0.2) is 11.6 Å². The van der Waals surface area contributed by atoms with Gasteiger partial charge in [0.05, 0.1) is 23.1 Å². The highest BCUT2D eigenvalue weighted by Crippen LogP contribution is 2.22. The lowest BCUT2D eigenvalue weighted by Gasteiger charge is -2.26. The third-order valence-corrected chi connectivity index (χ3v) is 5.86. The zero-order valence-corrected chi connectivity index (χ0v) is 18.9. The van der Waals surface area contributed by atoms with E-state index >= 15 is 0 Å². The Morgan fingerprint density at radius 2 is 1.80 bits per heavy atom. The molecule has 0 aliphatic carbocycles. The van der Waals surface area contributed by atoms with Gasteiger partial charge in [0.2, 0.25) is 5.91 Å². The van der Waals surface area contributed by atoms with E-state index in [4.69, 9.17) is 5.73 Å². The highest BCUT2D eigenvalue weighted by atomic mass is 19.2. The minimum absolute atomic E-state index is 0.0256. The van der Waals surface area contributed by atoms with Gasteiger partial charge in [-0.3, -0.25) is 19.6 Å². The van der Waals surface area contributed by atoms with Crippen LogP contribution in [0.5, 0.6) is 0 Å². The van der Waals surface area contributed by atoms with E-state index < -0.39 is 23.4 Å². The molecule has 1 aromatic carbocycles. The number of halogens is 3. The van der Waals surface area contributed by atoms with Crippen LogP contribution in [-0.4, -0.2) is 34.9 Å². The van der Waals surface area contributed by atoms with E-state index in [0.29, 0.717) is 36.5 Å². The SMILES string of the molecule is NC(=O)c1cnc(Cc2ccc(N3CCCCC3=O)cn2)cc1NCCc1c(F)ccc(F)c1F. The van der Waals surface area contributed by atoms with Crippen molar-refractivity contribution in [2.45, 2.75) is 32.1 Å². The van der Waals surface area contributed by atoms with Crippen LogP contribution in [0.3, 0.4) is 0 Å². The molecule has 3 N–H and O–H groups in total. The Labute approximate surface area is 200 Å². The van der Waals surface area contributed by atoms with Gasteiger partial charge in [-0.1, -0.05) is 0 Å². The maximum atomic E-state index is 13.9. The number of rotatable bonds is 8. The Morgan fingerprint density at radius 1 is 1.03 bits per heavy atom. The van der Waals surface area contributed by atoms with Gasteiger partial charge >= 0.3 is 0 Å². The fourth-order valence-corrected chi connectivity index (χ4v) is 4.00. The number of benzene rings is 1. The molecule has 0 radical (unpaired) electrons. The van der Waals surface area contributed by atoms with Crippen LogP contribution in [-0.2, 0) is 17.6 Å². The molecule has 0 spiro atoms. The molecule has 1 aliphatic rings. The van der Waals surface area contributed by atoms with Gasteiger partial charge in [0, 0.05) is 49.1 Å². The topological polar surface area (TPSA) is 101 Å². The number of piperidine rings is 1. The lowest BCUT2D eigenvalue weighted by molar-refractivity contribution is -0.119. The molecule has 10 heteroatoms. The second kappa shape index (κ2) is 10.5. The van der Waals surface area contributed by atoms with Crippen molar-refractivity contribution >= 4 is 23.2 Å². The van der Waals surface area contributed by atoms with E-state index in [1.165, 1.54) is 6.20 Å². The van der Waals surface area contributed by atoms with Gasteiger partial charge in [-0.15, -0.1) is 0 Å². The standard InChI is InChI=1S/C25H24F3N5O2/c26-20-6-7-21(27)24(28)18(20)8-9-30-22-12-16(32-14-19(22)25(29)35)11-15-4-5-17(13-31-15)33-10-2-1-3-23(33)34/h4-7,12-14H,1-3,8-11H2,(H2,29,35)(H,30,32). The van der Waals surface area contributed by atoms with Crippen molar-refractivity contribution in [3.8, 4) is 0 Å². The van der Waals surface area contributed by atoms with Gasteiger partial charge in [0.1, 0.15) is 5.82 Å². The van der Waals surface area contributed by atoms with Crippen molar-refractivity contribution < 1.29 is 22.8 Å². The minimum atomic E-state index is -1.24. The first-order valence-corrected chi connectivity index (χ1v) is 11.2. The summed E-state index contributed by atoms with van der Waals surface area (Å²) in [5.74, 6) is -3.85. The maximum Gasteiger partial charge on any atom is 0.252 e. The number of nitrogens with two attached hydrogens (primary N) is 1. The molecule has 1 saturated heterocycles. The predicted molar refractivity (Wildman–Crippen MR) is 125 cm³/mol. The van der Waals surface area contributed by atoms with Crippen molar-refractivity contribution in [1.29, 1.82) is 0 Å². The highest BCUT2D eigenvalue weighted by molar-refractivity contribution is 5.98. The van der Waals surface area contributed by atoms with Crippen LogP contribution in [0.2, 0.25) is 0 Å². The largest absolute Gasteiger partial charge is 0.384 e. The molecule has 2 amide bonds. The summed E-state index contributed by atoms with van der Waals surface area (Å²) in [5, 5.41) is 2.94. The van der Waals surface area contributed by atoms with Gasteiger partial charge in [0.25, 0.3) is 5.91 Å². The molecule has 0 unspecified atom stereocenters. The highest BCUT2D eigenvalue weighted by Gasteiger charge is 2.20. The van der Waals surface area contributed by atoms with E-state index in [9.17, 15) is 22.8 Å². The summed E-state index contributed by atoms with van der Waals surface area (Å²) in [4.78, 5) is 34.4. The van der Waals surface area contributed by atoms with Crippen LogP contribution in [0.1, 0.15) is 46.6 Å². The number of nitrogens with one attached hydrogen (secondary N) is 1. The number of carbonyl (C=O) groups excluding carboxylic acids is 2. The summed E-state index contributed by atoms with van der Waals surface area (Å²) in [7, 11) is 0.